The number of anilines is 1. The minimum Gasteiger partial charge on any atom is -0.452 e. The number of hydrogen-bond donors (Lipinski definition) is 0. The zero-order valence-electron chi connectivity index (χ0n) is 15.4. The van der Waals surface area contributed by atoms with Crippen LogP contribution in [0.2, 0.25) is 10.0 Å². The summed E-state index contributed by atoms with van der Waals surface area (Å²) < 4.78 is 5.20. The number of nitrogens with zero attached hydrogens (tertiary/aromatic N) is 2. The molecule has 0 atom stereocenters. The summed E-state index contributed by atoms with van der Waals surface area (Å²) in [5.41, 5.74) is 1.31. The van der Waals surface area contributed by atoms with Crippen molar-refractivity contribution in [2.45, 2.75) is 4.90 Å². The Morgan fingerprint density at radius 1 is 1.07 bits per heavy atom. The average molecular weight is 439 g/mol. The molecule has 1 saturated heterocycles. The van der Waals surface area contributed by atoms with Gasteiger partial charge in [-0.05, 0) is 42.7 Å². The smallest absolute Gasteiger partial charge is 0.340 e. The van der Waals surface area contributed by atoms with Crippen molar-refractivity contribution in [3.05, 3.63) is 58.1 Å². The van der Waals surface area contributed by atoms with Gasteiger partial charge in [-0.25, -0.2) is 4.79 Å². The van der Waals surface area contributed by atoms with Crippen LogP contribution in [-0.2, 0) is 9.53 Å². The molecule has 1 fully saturated rings. The van der Waals surface area contributed by atoms with Crippen molar-refractivity contribution in [2.75, 3.05) is 43.9 Å². The molecule has 0 unspecified atom stereocenters. The lowest BCUT2D eigenvalue weighted by atomic mass is 10.2. The highest BCUT2D eigenvalue weighted by Crippen LogP contribution is 2.24. The van der Waals surface area contributed by atoms with E-state index in [4.69, 9.17) is 27.9 Å². The summed E-state index contributed by atoms with van der Waals surface area (Å²) in [5, 5.41) is 0.998. The molecule has 1 aliphatic rings. The van der Waals surface area contributed by atoms with Crippen molar-refractivity contribution >= 4 is 52.5 Å². The molecule has 5 nitrogen and oxygen atoms in total. The molecule has 28 heavy (non-hydrogen) atoms. The van der Waals surface area contributed by atoms with Gasteiger partial charge in [0.2, 0.25) is 0 Å². The van der Waals surface area contributed by atoms with Gasteiger partial charge in [0.05, 0.1) is 10.6 Å². The van der Waals surface area contributed by atoms with Gasteiger partial charge in [0.1, 0.15) is 0 Å². The molecule has 1 heterocycles. The quantitative estimate of drug-likeness (QED) is 0.516. The van der Waals surface area contributed by atoms with Gasteiger partial charge in [-0.3, -0.25) is 4.79 Å². The lowest BCUT2D eigenvalue weighted by molar-refractivity contribution is -0.134. The van der Waals surface area contributed by atoms with Crippen molar-refractivity contribution < 1.29 is 14.3 Å². The lowest BCUT2D eigenvalue weighted by Gasteiger charge is -2.36. The number of hydrogen-bond acceptors (Lipinski definition) is 5. The Labute approximate surface area is 178 Å². The number of carbonyl (C=O) groups is 2. The zero-order chi connectivity index (χ0) is 20.1. The van der Waals surface area contributed by atoms with Gasteiger partial charge in [-0.15, -0.1) is 11.8 Å². The van der Waals surface area contributed by atoms with E-state index in [-0.39, 0.29) is 18.1 Å². The first kappa shape index (κ1) is 20.8. The normalized spacial score (nSPS) is 14.1. The molecule has 0 saturated carbocycles. The second kappa shape index (κ2) is 9.54. The molecule has 0 spiro atoms. The van der Waals surface area contributed by atoms with Crippen molar-refractivity contribution in [1.82, 2.24) is 4.90 Å². The average Bonchev–Trinajstić information content (AvgIpc) is 2.72. The topological polar surface area (TPSA) is 49.9 Å². The number of benzene rings is 2. The number of carbonyl (C=O) groups excluding carboxylic acids is 2. The molecule has 0 aromatic heterocycles. The molecule has 0 radical (unpaired) electrons. The molecule has 2 aromatic carbocycles. The molecule has 3 rings (SSSR count). The fourth-order valence-corrected chi connectivity index (χ4v) is 3.79. The van der Waals surface area contributed by atoms with Gasteiger partial charge in [0, 0.05) is 41.8 Å². The molecule has 2 aromatic rings. The third-order valence-corrected chi connectivity index (χ3v) is 5.82. The van der Waals surface area contributed by atoms with Crippen LogP contribution in [0.15, 0.2) is 47.4 Å². The van der Waals surface area contributed by atoms with Crippen molar-refractivity contribution in [3.63, 3.8) is 0 Å². The molecule has 0 N–H and O–H groups in total. The Kier molecular flexibility index (Phi) is 7.10. The van der Waals surface area contributed by atoms with E-state index in [9.17, 15) is 9.59 Å². The van der Waals surface area contributed by atoms with Crippen LogP contribution in [0, 0.1) is 0 Å². The predicted octanol–water partition coefficient (Wildman–Crippen LogP) is 4.22. The van der Waals surface area contributed by atoms with Gasteiger partial charge < -0.3 is 14.5 Å². The lowest BCUT2D eigenvalue weighted by Crippen LogP contribution is -2.49. The first-order valence-electron chi connectivity index (χ1n) is 8.77. The fraction of sp³-hybridized carbons (Fsp3) is 0.300. The number of amides is 1. The summed E-state index contributed by atoms with van der Waals surface area (Å²) in [4.78, 5) is 29.5. The number of rotatable bonds is 5. The summed E-state index contributed by atoms with van der Waals surface area (Å²) in [6.07, 6.45) is 1.91. The van der Waals surface area contributed by atoms with Gasteiger partial charge >= 0.3 is 5.97 Å². The Balaban J connectivity index is 1.51. The maximum Gasteiger partial charge on any atom is 0.340 e. The summed E-state index contributed by atoms with van der Waals surface area (Å²) in [6.45, 7) is 2.22. The molecular formula is C20H20Cl2N2O3S. The third-order valence-electron chi connectivity index (χ3n) is 4.53. The van der Waals surface area contributed by atoms with Gasteiger partial charge in [-0.1, -0.05) is 29.3 Å². The van der Waals surface area contributed by atoms with E-state index < -0.39 is 5.97 Å². The van der Waals surface area contributed by atoms with Crippen LogP contribution >= 0.6 is 35.0 Å². The Bertz CT molecular complexity index is 870. The van der Waals surface area contributed by atoms with Crippen molar-refractivity contribution in [3.8, 4) is 0 Å². The van der Waals surface area contributed by atoms with E-state index in [1.54, 1.807) is 17.0 Å². The molecule has 148 valence electrons. The van der Waals surface area contributed by atoms with Crippen LogP contribution in [0.1, 0.15) is 10.4 Å². The SMILES string of the molecule is CSc1ccc(Cl)c(C(=O)OCC(=O)N2CCN(c3cccc(Cl)c3)CC2)c1. The van der Waals surface area contributed by atoms with Crippen LogP contribution in [0.5, 0.6) is 0 Å². The molecule has 8 heteroatoms. The number of ether oxygens (including phenoxy) is 1. The van der Waals surface area contributed by atoms with Crippen LogP contribution in [-0.4, -0.2) is 55.8 Å². The molecule has 1 aliphatic heterocycles. The van der Waals surface area contributed by atoms with Gasteiger partial charge in [-0.2, -0.15) is 0 Å². The van der Waals surface area contributed by atoms with E-state index in [0.717, 1.165) is 10.6 Å². The highest BCUT2D eigenvalue weighted by atomic mass is 35.5. The van der Waals surface area contributed by atoms with Crippen LogP contribution in [0.3, 0.4) is 0 Å². The van der Waals surface area contributed by atoms with Crippen molar-refractivity contribution in [1.29, 1.82) is 0 Å². The monoisotopic (exact) mass is 438 g/mol. The second-order valence-electron chi connectivity index (χ2n) is 6.27. The number of halogens is 2. The van der Waals surface area contributed by atoms with Crippen LogP contribution < -0.4 is 4.90 Å². The summed E-state index contributed by atoms with van der Waals surface area (Å²) in [6, 6.07) is 12.8. The van der Waals surface area contributed by atoms with E-state index in [1.165, 1.54) is 11.8 Å². The zero-order valence-corrected chi connectivity index (χ0v) is 17.7. The summed E-state index contributed by atoms with van der Waals surface area (Å²) in [7, 11) is 0. The first-order valence-corrected chi connectivity index (χ1v) is 10.7. The number of piperazine rings is 1. The minimum absolute atomic E-state index is 0.212. The number of esters is 1. The molecule has 1 amide bonds. The summed E-state index contributed by atoms with van der Waals surface area (Å²) in [5.74, 6) is -0.803. The van der Waals surface area contributed by atoms with Gasteiger partial charge in [0.15, 0.2) is 6.61 Å². The van der Waals surface area contributed by atoms with E-state index in [1.807, 2.05) is 36.6 Å². The van der Waals surface area contributed by atoms with Gasteiger partial charge in [0.25, 0.3) is 5.91 Å². The van der Waals surface area contributed by atoms with Crippen LogP contribution in [0.25, 0.3) is 0 Å². The highest BCUT2D eigenvalue weighted by Gasteiger charge is 2.23. The number of thioether (sulfide) groups is 1. The Morgan fingerprint density at radius 2 is 1.82 bits per heavy atom. The highest BCUT2D eigenvalue weighted by molar-refractivity contribution is 7.98. The Morgan fingerprint density at radius 3 is 2.50 bits per heavy atom. The largest absolute Gasteiger partial charge is 0.452 e. The van der Waals surface area contributed by atoms with Crippen molar-refractivity contribution in [2.24, 2.45) is 0 Å². The minimum atomic E-state index is -0.591. The standard InChI is InChI=1S/C20H20Cl2N2O3S/c1-28-16-5-6-18(22)17(12-16)20(26)27-13-19(25)24-9-7-23(8-10-24)15-4-2-3-14(21)11-15/h2-6,11-12H,7-10,13H2,1H3. The van der Waals surface area contributed by atoms with E-state index in [2.05, 4.69) is 4.90 Å². The maximum absolute atomic E-state index is 12.4. The molecule has 0 aliphatic carbocycles. The third kappa shape index (κ3) is 5.13. The van der Waals surface area contributed by atoms with E-state index >= 15 is 0 Å². The molecular weight excluding hydrogens is 419 g/mol. The van der Waals surface area contributed by atoms with E-state index in [0.29, 0.717) is 36.2 Å². The second-order valence-corrected chi connectivity index (χ2v) is 7.99. The summed E-state index contributed by atoms with van der Waals surface area (Å²) >= 11 is 13.6. The first-order chi connectivity index (χ1) is 13.5. The predicted molar refractivity (Wildman–Crippen MR) is 114 cm³/mol. The fourth-order valence-electron chi connectivity index (χ4n) is 2.97. The molecule has 0 bridgehead atoms. The van der Waals surface area contributed by atoms with Crippen LogP contribution in [0.4, 0.5) is 5.69 Å². The Hall–Kier alpha value is -1.89. The maximum atomic E-state index is 12.4.